The molecule has 0 amide bonds. The van der Waals surface area contributed by atoms with Crippen LogP contribution >= 0.6 is 11.8 Å². The second-order valence-corrected chi connectivity index (χ2v) is 3.17. The van der Waals surface area contributed by atoms with Gasteiger partial charge in [-0.2, -0.15) is 5.10 Å². The second-order valence-electron chi connectivity index (χ2n) is 2.32. The number of anilines is 1. The minimum absolute atomic E-state index is 0.791. The van der Waals surface area contributed by atoms with Gasteiger partial charge in [0, 0.05) is 6.54 Å². The molecule has 0 radical (unpaired) electrons. The smallest absolute Gasteiger partial charge is 0.135 e. The molecule has 11 heavy (non-hydrogen) atoms. The van der Waals surface area contributed by atoms with E-state index in [4.69, 9.17) is 5.73 Å². The fourth-order valence-corrected chi connectivity index (χ4v) is 1.39. The molecule has 1 heterocycles. The third-order valence-electron chi connectivity index (χ3n) is 1.50. The van der Waals surface area contributed by atoms with Crippen LogP contribution < -0.4 is 5.73 Å². The lowest BCUT2D eigenvalue weighted by atomic mass is 10.5. The van der Waals surface area contributed by atoms with Crippen molar-refractivity contribution in [2.75, 3.05) is 12.0 Å². The Hall–Kier alpha value is -0.640. The van der Waals surface area contributed by atoms with Crippen LogP contribution in [0.25, 0.3) is 0 Å². The van der Waals surface area contributed by atoms with E-state index in [9.17, 15) is 0 Å². The van der Waals surface area contributed by atoms with Crippen LogP contribution in [0.1, 0.15) is 13.3 Å². The van der Waals surface area contributed by atoms with Crippen molar-refractivity contribution in [1.82, 2.24) is 9.78 Å². The van der Waals surface area contributed by atoms with E-state index in [1.54, 1.807) is 11.8 Å². The Morgan fingerprint density at radius 2 is 2.45 bits per heavy atom. The van der Waals surface area contributed by atoms with Gasteiger partial charge in [-0.1, -0.05) is 6.92 Å². The highest BCUT2D eigenvalue weighted by molar-refractivity contribution is 7.98. The first-order chi connectivity index (χ1) is 5.29. The summed E-state index contributed by atoms with van der Waals surface area (Å²) in [5.74, 6) is 0.791. The molecule has 0 aliphatic carbocycles. The van der Waals surface area contributed by atoms with Crippen LogP contribution in [-0.4, -0.2) is 16.0 Å². The lowest BCUT2D eigenvalue weighted by Gasteiger charge is -2.00. The van der Waals surface area contributed by atoms with E-state index in [0.29, 0.717) is 0 Å². The van der Waals surface area contributed by atoms with Crippen molar-refractivity contribution >= 4 is 17.6 Å². The molecule has 1 rings (SSSR count). The van der Waals surface area contributed by atoms with Gasteiger partial charge in [0.05, 0.1) is 11.1 Å². The molecule has 0 saturated heterocycles. The molecule has 0 aliphatic heterocycles. The van der Waals surface area contributed by atoms with Crippen molar-refractivity contribution in [3.05, 3.63) is 6.20 Å². The number of hydrogen-bond donors (Lipinski definition) is 1. The fraction of sp³-hybridized carbons (Fsp3) is 0.571. The largest absolute Gasteiger partial charge is 0.383 e. The Kier molecular flexibility index (Phi) is 2.82. The van der Waals surface area contributed by atoms with E-state index in [1.807, 2.05) is 17.1 Å². The van der Waals surface area contributed by atoms with E-state index in [1.165, 1.54) is 0 Å². The Morgan fingerprint density at radius 3 is 2.91 bits per heavy atom. The summed E-state index contributed by atoms with van der Waals surface area (Å²) in [6.45, 7) is 3.02. The molecule has 4 heteroatoms. The zero-order chi connectivity index (χ0) is 8.27. The number of aryl methyl sites for hydroxylation is 1. The number of aromatic nitrogens is 2. The van der Waals surface area contributed by atoms with E-state index < -0.39 is 0 Å². The lowest BCUT2D eigenvalue weighted by Crippen LogP contribution is -2.03. The predicted molar refractivity (Wildman–Crippen MR) is 48.7 cm³/mol. The van der Waals surface area contributed by atoms with Crippen LogP contribution in [0, 0.1) is 0 Å². The lowest BCUT2D eigenvalue weighted by molar-refractivity contribution is 0.610. The van der Waals surface area contributed by atoms with Gasteiger partial charge < -0.3 is 5.73 Å². The normalized spacial score (nSPS) is 10.4. The first-order valence-corrected chi connectivity index (χ1v) is 4.87. The molecule has 1 aromatic rings. The Morgan fingerprint density at radius 1 is 1.73 bits per heavy atom. The van der Waals surface area contributed by atoms with Crippen LogP contribution in [0.3, 0.4) is 0 Å². The summed E-state index contributed by atoms with van der Waals surface area (Å²) < 4.78 is 1.84. The van der Waals surface area contributed by atoms with Gasteiger partial charge in [-0.25, -0.2) is 4.68 Å². The molecule has 0 fully saturated rings. The Labute approximate surface area is 71.0 Å². The quantitative estimate of drug-likeness (QED) is 0.702. The van der Waals surface area contributed by atoms with E-state index in [2.05, 4.69) is 12.0 Å². The van der Waals surface area contributed by atoms with Crippen molar-refractivity contribution in [3.8, 4) is 0 Å². The van der Waals surface area contributed by atoms with Gasteiger partial charge in [0.25, 0.3) is 0 Å². The number of nitrogen functional groups attached to an aromatic ring is 1. The summed E-state index contributed by atoms with van der Waals surface area (Å²) in [5.41, 5.74) is 5.78. The van der Waals surface area contributed by atoms with E-state index >= 15 is 0 Å². The highest BCUT2D eigenvalue weighted by atomic mass is 32.2. The van der Waals surface area contributed by atoms with Gasteiger partial charge in [0.1, 0.15) is 5.82 Å². The zero-order valence-electron chi connectivity index (χ0n) is 6.87. The number of rotatable bonds is 3. The minimum Gasteiger partial charge on any atom is -0.383 e. The van der Waals surface area contributed by atoms with Crippen molar-refractivity contribution in [2.24, 2.45) is 0 Å². The van der Waals surface area contributed by atoms with E-state index in [0.717, 1.165) is 23.7 Å². The van der Waals surface area contributed by atoms with Gasteiger partial charge in [-0.3, -0.25) is 0 Å². The standard InChI is InChI=1S/C7H13N3S/c1-3-4-10-7(8)6(11-2)5-9-10/h5H,3-4,8H2,1-2H3. The Bertz CT molecular complexity index is 232. The van der Waals surface area contributed by atoms with Gasteiger partial charge in [0.15, 0.2) is 0 Å². The van der Waals surface area contributed by atoms with Crippen molar-refractivity contribution in [2.45, 2.75) is 24.8 Å². The molecule has 3 nitrogen and oxygen atoms in total. The predicted octanol–water partition coefficient (Wildman–Crippen LogP) is 1.60. The van der Waals surface area contributed by atoms with Crippen LogP contribution in [0.15, 0.2) is 11.1 Å². The summed E-state index contributed by atoms with van der Waals surface area (Å²) in [6.07, 6.45) is 4.89. The molecule has 0 unspecified atom stereocenters. The van der Waals surface area contributed by atoms with Gasteiger partial charge in [0.2, 0.25) is 0 Å². The monoisotopic (exact) mass is 171 g/mol. The summed E-state index contributed by atoms with van der Waals surface area (Å²) in [5, 5.41) is 4.15. The molecule has 0 atom stereocenters. The van der Waals surface area contributed by atoms with Crippen molar-refractivity contribution in [1.29, 1.82) is 0 Å². The molecule has 0 saturated carbocycles. The third kappa shape index (κ3) is 1.68. The molecule has 62 valence electrons. The highest BCUT2D eigenvalue weighted by Crippen LogP contribution is 2.21. The molecular weight excluding hydrogens is 158 g/mol. The molecule has 2 N–H and O–H groups in total. The first kappa shape index (κ1) is 8.46. The summed E-state index contributed by atoms with van der Waals surface area (Å²) in [7, 11) is 0. The summed E-state index contributed by atoms with van der Waals surface area (Å²) in [6, 6.07) is 0. The molecule has 0 bridgehead atoms. The maximum atomic E-state index is 5.78. The van der Waals surface area contributed by atoms with Crippen molar-refractivity contribution in [3.63, 3.8) is 0 Å². The average molecular weight is 171 g/mol. The molecule has 0 aromatic carbocycles. The molecular formula is C7H13N3S. The van der Waals surface area contributed by atoms with Crippen LogP contribution in [0.5, 0.6) is 0 Å². The molecule has 0 spiro atoms. The van der Waals surface area contributed by atoms with Gasteiger partial charge >= 0.3 is 0 Å². The molecule has 0 aliphatic rings. The third-order valence-corrected chi connectivity index (χ3v) is 2.25. The fourth-order valence-electron chi connectivity index (χ4n) is 0.925. The number of nitrogens with zero attached hydrogens (tertiary/aromatic N) is 2. The summed E-state index contributed by atoms with van der Waals surface area (Å²) in [4.78, 5) is 1.07. The van der Waals surface area contributed by atoms with Crippen molar-refractivity contribution < 1.29 is 0 Å². The second kappa shape index (κ2) is 3.67. The van der Waals surface area contributed by atoms with Gasteiger partial charge in [-0.15, -0.1) is 11.8 Å². The highest BCUT2D eigenvalue weighted by Gasteiger charge is 2.03. The van der Waals surface area contributed by atoms with Crippen LogP contribution in [-0.2, 0) is 6.54 Å². The van der Waals surface area contributed by atoms with E-state index in [-0.39, 0.29) is 0 Å². The number of thioether (sulfide) groups is 1. The van der Waals surface area contributed by atoms with Gasteiger partial charge in [-0.05, 0) is 12.7 Å². The average Bonchev–Trinajstić information content (AvgIpc) is 2.34. The Balaban J connectivity index is 2.82. The number of hydrogen-bond acceptors (Lipinski definition) is 3. The molecule has 1 aromatic heterocycles. The first-order valence-electron chi connectivity index (χ1n) is 3.64. The summed E-state index contributed by atoms with van der Waals surface area (Å²) >= 11 is 1.63. The number of nitrogens with two attached hydrogens (primary N) is 1. The van der Waals surface area contributed by atoms with Crippen LogP contribution in [0.4, 0.5) is 5.82 Å². The minimum atomic E-state index is 0.791. The van der Waals surface area contributed by atoms with Crippen LogP contribution in [0.2, 0.25) is 0 Å². The topological polar surface area (TPSA) is 43.8 Å². The maximum Gasteiger partial charge on any atom is 0.135 e. The zero-order valence-corrected chi connectivity index (χ0v) is 7.69. The maximum absolute atomic E-state index is 5.78. The SMILES string of the molecule is CCCn1ncc(SC)c1N.